The highest BCUT2D eigenvalue weighted by molar-refractivity contribution is 5.79. The van der Waals surface area contributed by atoms with E-state index in [1.54, 1.807) is 0 Å². The first-order valence-corrected chi connectivity index (χ1v) is 7.94. The Labute approximate surface area is 129 Å². The Hall–Kier alpha value is -2.48. The lowest BCUT2D eigenvalue weighted by Gasteiger charge is -2.24. The summed E-state index contributed by atoms with van der Waals surface area (Å²) in [5, 5.41) is 0. The summed E-state index contributed by atoms with van der Waals surface area (Å²) < 4.78 is 0. The van der Waals surface area contributed by atoms with Crippen LogP contribution in [0.1, 0.15) is 22.3 Å². The van der Waals surface area contributed by atoms with E-state index in [0.29, 0.717) is 0 Å². The van der Waals surface area contributed by atoms with Gasteiger partial charge in [-0.1, -0.05) is 18.2 Å². The summed E-state index contributed by atoms with van der Waals surface area (Å²) in [7, 11) is 0. The van der Waals surface area contributed by atoms with Gasteiger partial charge in [-0.2, -0.15) is 0 Å². The quantitative estimate of drug-likeness (QED) is 0.623. The molecule has 0 saturated heterocycles. The number of aryl methyl sites for hydroxylation is 4. The highest BCUT2D eigenvalue weighted by Crippen LogP contribution is 2.39. The first kappa shape index (κ1) is 12.1. The van der Waals surface area contributed by atoms with E-state index in [0.717, 1.165) is 37.1 Å². The molecule has 0 spiro atoms. The fraction of sp³-hybridized carbons (Fsp3) is 0.200. The Morgan fingerprint density at radius 2 is 1.09 bits per heavy atom. The molecule has 5 rings (SSSR count). The molecule has 2 heteroatoms. The SMILES string of the molecule is c1cnc2c(c1)CCc1cc3c(cc1-2)-c1ncccc1CC3. The Kier molecular flexibility index (Phi) is 2.48. The lowest BCUT2D eigenvalue weighted by molar-refractivity contribution is 0.896. The molecule has 0 N–H and O–H groups in total. The van der Waals surface area contributed by atoms with E-state index in [4.69, 9.17) is 0 Å². The van der Waals surface area contributed by atoms with Gasteiger partial charge in [0.2, 0.25) is 0 Å². The van der Waals surface area contributed by atoms with Crippen molar-refractivity contribution in [1.29, 1.82) is 0 Å². The molecule has 0 saturated carbocycles. The molecule has 3 aromatic rings. The molecule has 0 fully saturated rings. The van der Waals surface area contributed by atoms with Crippen molar-refractivity contribution in [2.75, 3.05) is 0 Å². The van der Waals surface area contributed by atoms with Gasteiger partial charge in [0.15, 0.2) is 0 Å². The van der Waals surface area contributed by atoms with Gasteiger partial charge >= 0.3 is 0 Å². The Morgan fingerprint density at radius 1 is 0.591 bits per heavy atom. The lowest BCUT2D eigenvalue weighted by Crippen LogP contribution is -2.10. The number of hydrogen-bond donors (Lipinski definition) is 0. The fourth-order valence-electron chi connectivity index (χ4n) is 3.85. The summed E-state index contributed by atoms with van der Waals surface area (Å²) in [6, 6.07) is 13.2. The number of benzene rings is 1. The summed E-state index contributed by atoms with van der Waals surface area (Å²) in [6.07, 6.45) is 8.25. The van der Waals surface area contributed by atoms with Gasteiger partial charge in [-0.3, -0.25) is 9.97 Å². The van der Waals surface area contributed by atoms with Crippen molar-refractivity contribution in [2.24, 2.45) is 0 Å². The normalized spacial score (nSPS) is 14.5. The summed E-state index contributed by atoms with van der Waals surface area (Å²) in [6.45, 7) is 0. The Bertz CT molecular complexity index is 825. The number of fused-ring (bicyclic) bond motifs is 6. The molecule has 0 bridgehead atoms. The summed E-state index contributed by atoms with van der Waals surface area (Å²) in [5.41, 5.74) is 10.6. The topological polar surface area (TPSA) is 25.8 Å². The van der Waals surface area contributed by atoms with Gasteiger partial charge < -0.3 is 0 Å². The van der Waals surface area contributed by atoms with Crippen LogP contribution in [-0.2, 0) is 25.7 Å². The van der Waals surface area contributed by atoms with Gasteiger partial charge in [0, 0.05) is 23.5 Å². The molecule has 0 radical (unpaired) electrons. The number of hydrogen-bond acceptors (Lipinski definition) is 2. The molecule has 2 nitrogen and oxygen atoms in total. The lowest BCUT2D eigenvalue weighted by atomic mass is 9.81. The van der Waals surface area contributed by atoms with E-state index in [1.807, 2.05) is 24.5 Å². The first-order valence-electron chi connectivity index (χ1n) is 7.94. The van der Waals surface area contributed by atoms with Gasteiger partial charge in [0.1, 0.15) is 0 Å². The minimum absolute atomic E-state index is 1.10. The van der Waals surface area contributed by atoms with Crippen molar-refractivity contribution in [3.05, 3.63) is 71.0 Å². The molecule has 0 amide bonds. The van der Waals surface area contributed by atoms with Gasteiger partial charge in [0.05, 0.1) is 11.4 Å². The van der Waals surface area contributed by atoms with Crippen LogP contribution < -0.4 is 0 Å². The molecule has 0 atom stereocenters. The first-order chi connectivity index (χ1) is 10.9. The van der Waals surface area contributed by atoms with Crippen molar-refractivity contribution < 1.29 is 0 Å². The molecule has 22 heavy (non-hydrogen) atoms. The molecule has 1 aromatic carbocycles. The van der Waals surface area contributed by atoms with Gasteiger partial charge in [-0.25, -0.2) is 0 Å². The van der Waals surface area contributed by atoms with Gasteiger partial charge in [-0.15, -0.1) is 0 Å². The maximum Gasteiger partial charge on any atom is 0.0737 e. The second kappa shape index (κ2) is 4.51. The third-order valence-electron chi connectivity index (χ3n) is 4.95. The summed E-state index contributed by atoms with van der Waals surface area (Å²) >= 11 is 0. The predicted octanol–water partition coefficient (Wildman–Crippen LogP) is 4.01. The third kappa shape index (κ3) is 1.67. The second-order valence-corrected chi connectivity index (χ2v) is 6.19. The second-order valence-electron chi connectivity index (χ2n) is 6.19. The molecular weight excluding hydrogens is 268 g/mol. The van der Waals surface area contributed by atoms with Crippen molar-refractivity contribution in [2.45, 2.75) is 25.7 Å². The van der Waals surface area contributed by atoms with Crippen LogP contribution in [0.4, 0.5) is 0 Å². The van der Waals surface area contributed by atoms with Crippen LogP contribution in [0, 0.1) is 0 Å². The zero-order valence-electron chi connectivity index (χ0n) is 12.3. The number of nitrogens with zero attached hydrogens (tertiary/aromatic N) is 2. The number of pyridine rings is 2. The van der Waals surface area contributed by atoms with Crippen molar-refractivity contribution in [3.8, 4) is 22.5 Å². The van der Waals surface area contributed by atoms with E-state index in [1.165, 1.54) is 33.4 Å². The van der Waals surface area contributed by atoms with Gasteiger partial charge in [0.25, 0.3) is 0 Å². The molecular formula is C20H16N2. The van der Waals surface area contributed by atoms with Crippen molar-refractivity contribution in [3.63, 3.8) is 0 Å². The minimum atomic E-state index is 1.10. The van der Waals surface area contributed by atoms with E-state index >= 15 is 0 Å². The molecule has 2 aliphatic rings. The molecule has 0 unspecified atom stereocenters. The van der Waals surface area contributed by atoms with E-state index in [2.05, 4.69) is 34.2 Å². The van der Waals surface area contributed by atoms with Crippen LogP contribution in [0.25, 0.3) is 22.5 Å². The van der Waals surface area contributed by atoms with Gasteiger partial charge in [-0.05, 0) is 66.1 Å². The fourth-order valence-corrected chi connectivity index (χ4v) is 3.85. The van der Waals surface area contributed by atoms with Crippen LogP contribution >= 0.6 is 0 Å². The van der Waals surface area contributed by atoms with Crippen LogP contribution in [0.15, 0.2) is 48.8 Å². The molecule has 106 valence electrons. The third-order valence-corrected chi connectivity index (χ3v) is 4.95. The molecule has 2 aromatic heterocycles. The van der Waals surface area contributed by atoms with Crippen LogP contribution in [-0.4, -0.2) is 9.97 Å². The zero-order chi connectivity index (χ0) is 14.5. The van der Waals surface area contributed by atoms with Crippen molar-refractivity contribution >= 4 is 0 Å². The average Bonchev–Trinajstić information content (AvgIpc) is 2.60. The monoisotopic (exact) mass is 284 g/mol. The molecule has 2 aliphatic carbocycles. The maximum atomic E-state index is 4.65. The van der Waals surface area contributed by atoms with Crippen LogP contribution in [0.5, 0.6) is 0 Å². The van der Waals surface area contributed by atoms with Crippen LogP contribution in [0.3, 0.4) is 0 Å². The summed E-state index contributed by atoms with van der Waals surface area (Å²) in [5.74, 6) is 0. The standard InChI is InChI=1S/C20H16N2/c1-3-13-5-7-15-11-16-8-6-14-4-2-10-22-20(14)18(16)12-17(15)19(13)21-9-1/h1-4,9-12H,5-8H2. The van der Waals surface area contributed by atoms with Crippen molar-refractivity contribution in [1.82, 2.24) is 9.97 Å². The highest BCUT2D eigenvalue weighted by Gasteiger charge is 2.23. The number of aromatic nitrogens is 2. The summed E-state index contributed by atoms with van der Waals surface area (Å²) in [4.78, 5) is 9.29. The highest BCUT2D eigenvalue weighted by atomic mass is 14.7. The zero-order valence-corrected chi connectivity index (χ0v) is 12.3. The largest absolute Gasteiger partial charge is 0.256 e. The Morgan fingerprint density at radius 3 is 1.64 bits per heavy atom. The predicted molar refractivity (Wildman–Crippen MR) is 87.7 cm³/mol. The molecule has 0 aliphatic heterocycles. The average molecular weight is 284 g/mol. The van der Waals surface area contributed by atoms with E-state index in [-0.39, 0.29) is 0 Å². The van der Waals surface area contributed by atoms with E-state index < -0.39 is 0 Å². The Balaban J connectivity index is 1.78. The van der Waals surface area contributed by atoms with Crippen LogP contribution in [0.2, 0.25) is 0 Å². The molecule has 2 heterocycles. The number of rotatable bonds is 0. The minimum Gasteiger partial charge on any atom is -0.256 e. The maximum absolute atomic E-state index is 4.65. The van der Waals surface area contributed by atoms with E-state index in [9.17, 15) is 0 Å². The smallest absolute Gasteiger partial charge is 0.0737 e.